The summed E-state index contributed by atoms with van der Waals surface area (Å²) >= 11 is 0. The van der Waals surface area contributed by atoms with Crippen LogP contribution in [0, 0.1) is 0 Å². The number of aliphatic hydroxyl groups is 1. The van der Waals surface area contributed by atoms with Gasteiger partial charge in [0.2, 0.25) is 11.8 Å². The number of aromatic nitrogens is 2. The van der Waals surface area contributed by atoms with E-state index in [2.05, 4.69) is 10.3 Å². The average Bonchev–Trinajstić information content (AvgIpc) is 2.97. The van der Waals surface area contributed by atoms with Crippen molar-refractivity contribution in [1.29, 1.82) is 0 Å². The Kier molecular flexibility index (Phi) is 5.13. The Morgan fingerprint density at radius 3 is 2.72 bits per heavy atom. The van der Waals surface area contributed by atoms with Crippen LogP contribution in [0.5, 0.6) is 0 Å². The van der Waals surface area contributed by atoms with Gasteiger partial charge in [0.1, 0.15) is 0 Å². The number of carbonyl (C=O) groups excluding carboxylic acids is 2. The first-order valence-electron chi connectivity index (χ1n) is 9.13. The van der Waals surface area contributed by atoms with Crippen molar-refractivity contribution in [3.63, 3.8) is 0 Å². The van der Waals surface area contributed by atoms with Crippen molar-refractivity contribution in [1.82, 2.24) is 19.8 Å². The lowest BCUT2D eigenvalue weighted by Gasteiger charge is -2.40. The number of hydrogen-bond donors (Lipinski definition) is 2. The maximum Gasteiger partial charge on any atom is 0.223 e. The van der Waals surface area contributed by atoms with Gasteiger partial charge in [-0.2, -0.15) is 0 Å². The highest BCUT2D eigenvalue weighted by atomic mass is 16.3. The summed E-state index contributed by atoms with van der Waals surface area (Å²) in [6, 6.07) is -0.406. The van der Waals surface area contributed by atoms with Crippen molar-refractivity contribution < 1.29 is 14.7 Å². The van der Waals surface area contributed by atoms with Crippen molar-refractivity contribution in [2.75, 3.05) is 7.05 Å². The molecule has 0 aromatic carbocycles. The van der Waals surface area contributed by atoms with Gasteiger partial charge in [-0.1, -0.05) is 19.3 Å². The largest absolute Gasteiger partial charge is 0.389 e. The molecule has 1 aliphatic heterocycles. The molecule has 138 valence electrons. The molecule has 2 N–H and O–H groups in total. The summed E-state index contributed by atoms with van der Waals surface area (Å²) in [4.78, 5) is 30.6. The number of nitrogens with zero attached hydrogens (tertiary/aromatic N) is 3. The molecule has 0 unspecified atom stereocenters. The van der Waals surface area contributed by atoms with Crippen LogP contribution in [0.15, 0.2) is 12.5 Å². The van der Waals surface area contributed by atoms with E-state index in [1.807, 2.05) is 11.6 Å². The zero-order chi connectivity index (χ0) is 18.0. The molecule has 1 saturated carbocycles. The maximum absolute atomic E-state index is 12.6. The van der Waals surface area contributed by atoms with Crippen LogP contribution in [0.2, 0.25) is 0 Å². The number of carbonyl (C=O) groups is 2. The Bertz CT molecular complexity index is 636. The third-order valence-electron chi connectivity index (χ3n) is 5.64. The fraction of sp³-hybridized carbons (Fsp3) is 0.722. The molecule has 2 fully saturated rings. The standard InChI is InChI=1S/C18H28N4O3/c1-21-12-19-11-14(21)17-13(6-7-16(24)22(17)2)20-15(23)10-18(25)8-4-3-5-9-18/h11-13,17,25H,3-10H2,1-2H3,(H,20,23)/t13-,17-/m1/s1. The van der Waals surface area contributed by atoms with Crippen LogP contribution in [0.3, 0.4) is 0 Å². The van der Waals surface area contributed by atoms with Gasteiger partial charge in [0.05, 0.1) is 42.3 Å². The minimum absolute atomic E-state index is 0.0719. The molecule has 7 nitrogen and oxygen atoms in total. The van der Waals surface area contributed by atoms with Gasteiger partial charge in [-0.15, -0.1) is 0 Å². The number of imidazole rings is 1. The second-order valence-electron chi connectivity index (χ2n) is 7.55. The second-order valence-corrected chi connectivity index (χ2v) is 7.55. The Morgan fingerprint density at radius 2 is 2.08 bits per heavy atom. The number of rotatable bonds is 4. The van der Waals surface area contributed by atoms with Gasteiger partial charge in [-0.05, 0) is 19.3 Å². The molecule has 1 aliphatic carbocycles. The molecule has 2 atom stereocenters. The van der Waals surface area contributed by atoms with Crippen molar-refractivity contribution in [2.45, 2.75) is 69.1 Å². The number of hydrogen-bond acceptors (Lipinski definition) is 4. The molecule has 2 heterocycles. The number of likely N-dealkylation sites (tertiary alicyclic amines) is 1. The lowest BCUT2D eigenvalue weighted by Crippen LogP contribution is -2.52. The number of aryl methyl sites for hydroxylation is 1. The normalized spacial score (nSPS) is 26.5. The van der Waals surface area contributed by atoms with E-state index in [4.69, 9.17) is 0 Å². The first kappa shape index (κ1) is 17.9. The summed E-state index contributed by atoms with van der Waals surface area (Å²) < 4.78 is 1.88. The zero-order valence-electron chi connectivity index (χ0n) is 15.1. The Morgan fingerprint density at radius 1 is 1.36 bits per heavy atom. The van der Waals surface area contributed by atoms with E-state index in [0.717, 1.165) is 25.0 Å². The van der Waals surface area contributed by atoms with E-state index < -0.39 is 5.60 Å². The molecule has 0 radical (unpaired) electrons. The van der Waals surface area contributed by atoms with Gasteiger partial charge in [0, 0.05) is 20.5 Å². The van der Waals surface area contributed by atoms with Gasteiger partial charge < -0.3 is 19.9 Å². The van der Waals surface area contributed by atoms with Crippen LogP contribution in [-0.4, -0.2) is 50.1 Å². The Labute approximate surface area is 148 Å². The third kappa shape index (κ3) is 3.86. The average molecular weight is 348 g/mol. The summed E-state index contributed by atoms with van der Waals surface area (Å²) in [5.41, 5.74) is 0.0260. The molecular weight excluding hydrogens is 320 g/mol. The molecular formula is C18H28N4O3. The molecule has 25 heavy (non-hydrogen) atoms. The lowest BCUT2D eigenvalue weighted by molar-refractivity contribution is -0.139. The van der Waals surface area contributed by atoms with Crippen molar-refractivity contribution in [3.05, 3.63) is 18.2 Å². The predicted octanol–water partition coefficient (Wildman–Crippen LogP) is 1.28. The fourth-order valence-electron chi connectivity index (χ4n) is 4.19. The topological polar surface area (TPSA) is 87.5 Å². The number of likely N-dealkylation sites (N-methyl/N-ethyl adjacent to an activating group) is 1. The first-order chi connectivity index (χ1) is 11.9. The van der Waals surface area contributed by atoms with Crippen molar-refractivity contribution >= 4 is 11.8 Å². The molecule has 7 heteroatoms. The predicted molar refractivity (Wildman–Crippen MR) is 92.5 cm³/mol. The molecule has 2 aliphatic rings. The van der Waals surface area contributed by atoms with Gasteiger partial charge in [0.15, 0.2) is 0 Å². The zero-order valence-corrected chi connectivity index (χ0v) is 15.1. The van der Waals surface area contributed by atoms with Crippen LogP contribution in [-0.2, 0) is 16.6 Å². The Balaban J connectivity index is 1.71. The summed E-state index contributed by atoms with van der Waals surface area (Å²) in [6.07, 6.45) is 9.05. The summed E-state index contributed by atoms with van der Waals surface area (Å²) in [5, 5.41) is 13.7. The number of amides is 2. The van der Waals surface area contributed by atoms with Gasteiger partial charge >= 0.3 is 0 Å². The highest BCUT2D eigenvalue weighted by Crippen LogP contribution is 2.33. The monoisotopic (exact) mass is 348 g/mol. The molecule has 0 bridgehead atoms. The number of nitrogens with one attached hydrogen (secondary N) is 1. The Hall–Kier alpha value is -1.89. The summed E-state index contributed by atoms with van der Waals surface area (Å²) in [7, 11) is 3.66. The van der Waals surface area contributed by atoms with Gasteiger partial charge in [0.25, 0.3) is 0 Å². The minimum atomic E-state index is -0.874. The van der Waals surface area contributed by atoms with E-state index in [-0.39, 0.29) is 30.3 Å². The van der Waals surface area contributed by atoms with Crippen LogP contribution in [0.1, 0.15) is 63.1 Å². The molecule has 2 amide bonds. The fourth-order valence-corrected chi connectivity index (χ4v) is 4.19. The molecule has 1 aromatic heterocycles. The minimum Gasteiger partial charge on any atom is -0.389 e. The lowest BCUT2D eigenvalue weighted by atomic mass is 9.82. The van der Waals surface area contributed by atoms with Crippen molar-refractivity contribution in [2.24, 2.45) is 7.05 Å². The molecule has 1 aromatic rings. The van der Waals surface area contributed by atoms with Crippen LogP contribution < -0.4 is 5.32 Å². The van der Waals surface area contributed by atoms with E-state index in [9.17, 15) is 14.7 Å². The quantitative estimate of drug-likeness (QED) is 0.858. The smallest absolute Gasteiger partial charge is 0.223 e. The third-order valence-corrected chi connectivity index (χ3v) is 5.64. The highest BCUT2D eigenvalue weighted by Gasteiger charge is 2.38. The SMILES string of the molecule is CN1C(=O)CC[C@@H](NC(=O)CC2(O)CCCCC2)[C@@H]1c1cncn1C. The first-order valence-corrected chi connectivity index (χ1v) is 9.13. The summed E-state index contributed by atoms with van der Waals surface area (Å²) in [6.45, 7) is 0. The molecule has 3 rings (SSSR count). The van der Waals surface area contributed by atoms with Crippen LogP contribution in [0.25, 0.3) is 0 Å². The maximum atomic E-state index is 12.6. The van der Waals surface area contributed by atoms with Crippen LogP contribution in [0.4, 0.5) is 0 Å². The molecule has 1 saturated heterocycles. The van der Waals surface area contributed by atoms with Gasteiger partial charge in [-0.25, -0.2) is 4.98 Å². The van der Waals surface area contributed by atoms with Crippen molar-refractivity contribution in [3.8, 4) is 0 Å². The van der Waals surface area contributed by atoms with Crippen LogP contribution >= 0.6 is 0 Å². The van der Waals surface area contributed by atoms with E-state index in [1.165, 1.54) is 0 Å². The van der Waals surface area contributed by atoms with E-state index in [1.54, 1.807) is 24.5 Å². The van der Waals surface area contributed by atoms with E-state index >= 15 is 0 Å². The second kappa shape index (κ2) is 7.15. The van der Waals surface area contributed by atoms with Gasteiger partial charge in [-0.3, -0.25) is 9.59 Å². The number of piperidine rings is 1. The van der Waals surface area contributed by atoms with E-state index in [0.29, 0.717) is 25.7 Å². The highest BCUT2D eigenvalue weighted by molar-refractivity contribution is 5.80. The molecule has 0 spiro atoms. The summed E-state index contributed by atoms with van der Waals surface area (Å²) in [5.74, 6) is -0.0630.